The molecule has 0 fully saturated rings. The monoisotopic (exact) mass is 252 g/mol. The van der Waals surface area contributed by atoms with Crippen LogP contribution in [0.2, 0.25) is 0 Å². The van der Waals surface area contributed by atoms with Crippen LogP contribution in [0.1, 0.15) is 44.6 Å². The van der Waals surface area contributed by atoms with Crippen LogP contribution in [0.4, 0.5) is 0 Å². The Morgan fingerprint density at radius 1 is 0.842 bits per heavy atom. The molecule has 100 valence electrons. The van der Waals surface area contributed by atoms with Gasteiger partial charge in [0.2, 0.25) is 0 Å². The van der Waals surface area contributed by atoms with Gasteiger partial charge in [-0.2, -0.15) is 0 Å². The second-order valence-electron chi connectivity index (χ2n) is 5.14. The summed E-state index contributed by atoms with van der Waals surface area (Å²) in [7, 11) is 0. The maximum Gasteiger partial charge on any atom is -0.0152 e. The van der Waals surface area contributed by atoms with E-state index >= 15 is 0 Å². The van der Waals surface area contributed by atoms with Crippen LogP contribution >= 0.6 is 0 Å². The molecular weight excluding hydrogens is 228 g/mol. The molecule has 0 aliphatic rings. The Kier molecular flexibility index (Phi) is 5.68. The zero-order valence-electron chi connectivity index (χ0n) is 11.9. The quantitative estimate of drug-likeness (QED) is 0.424. The highest BCUT2D eigenvalue weighted by atomic mass is 14.0. The van der Waals surface area contributed by atoms with Crippen molar-refractivity contribution in [3.8, 4) is 0 Å². The third kappa shape index (κ3) is 4.24. The Morgan fingerprint density at radius 2 is 1.58 bits per heavy atom. The summed E-state index contributed by atoms with van der Waals surface area (Å²) >= 11 is 0. The van der Waals surface area contributed by atoms with Gasteiger partial charge in [0, 0.05) is 0 Å². The highest BCUT2D eigenvalue weighted by Gasteiger charge is 1.98. The molecule has 0 heteroatoms. The molecule has 0 amide bonds. The van der Waals surface area contributed by atoms with Crippen LogP contribution in [0, 0.1) is 0 Å². The number of hydrogen-bond donors (Lipinski definition) is 0. The number of benzene rings is 2. The average Bonchev–Trinajstić information content (AvgIpc) is 2.46. The van der Waals surface area contributed by atoms with Crippen LogP contribution in [-0.4, -0.2) is 0 Å². The van der Waals surface area contributed by atoms with Gasteiger partial charge in [0.05, 0.1) is 0 Å². The van der Waals surface area contributed by atoms with E-state index in [9.17, 15) is 0 Å². The van der Waals surface area contributed by atoms with Crippen LogP contribution in [-0.2, 0) is 6.42 Å². The number of hydrogen-bond acceptors (Lipinski definition) is 0. The SMILES string of the molecule is CCCC/C=C/CCCc1cccc2ccccc12. The number of fused-ring (bicyclic) bond motifs is 1. The zero-order valence-corrected chi connectivity index (χ0v) is 11.9. The summed E-state index contributed by atoms with van der Waals surface area (Å²) in [5, 5.41) is 2.78. The molecule has 0 unspecified atom stereocenters. The Balaban J connectivity index is 1.86. The molecule has 0 aromatic heterocycles. The third-order valence-corrected chi connectivity index (χ3v) is 3.59. The summed E-state index contributed by atoms with van der Waals surface area (Å²) in [4.78, 5) is 0. The molecule has 0 aliphatic carbocycles. The minimum atomic E-state index is 1.18. The van der Waals surface area contributed by atoms with Crippen molar-refractivity contribution in [3.63, 3.8) is 0 Å². The van der Waals surface area contributed by atoms with Crippen molar-refractivity contribution < 1.29 is 0 Å². The lowest BCUT2D eigenvalue weighted by Gasteiger charge is -2.05. The second kappa shape index (κ2) is 7.78. The lowest BCUT2D eigenvalue weighted by molar-refractivity contribution is 0.803. The molecule has 0 aliphatic heterocycles. The van der Waals surface area contributed by atoms with Crippen LogP contribution in [0.3, 0.4) is 0 Å². The van der Waals surface area contributed by atoms with E-state index < -0.39 is 0 Å². The van der Waals surface area contributed by atoms with Crippen molar-refractivity contribution in [3.05, 3.63) is 60.2 Å². The van der Waals surface area contributed by atoms with Crippen LogP contribution < -0.4 is 0 Å². The summed E-state index contributed by atoms with van der Waals surface area (Å²) in [5.74, 6) is 0. The molecule has 2 rings (SSSR count). The Morgan fingerprint density at radius 3 is 2.42 bits per heavy atom. The standard InChI is InChI=1S/C19H24/c1-2-3-4-5-6-7-8-12-17-14-11-15-18-13-9-10-16-19(17)18/h5-6,9-11,13-16H,2-4,7-8,12H2,1H3/b6-5+. The van der Waals surface area contributed by atoms with Gasteiger partial charge in [-0.15, -0.1) is 0 Å². The summed E-state index contributed by atoms with van der Waals surface area (Å²) in [6.07, 6.45) is 12.2. The maximum absolute atomic E-state index is 2.35. The molecule has 0 atom stereocenters. The predicted octanol–water partition coefficient (Wildman–Crippen LogP) is 5.91. The topological polar surface area (TPSA) is 0 Å². The molecule has 19 heavy (non-hydrogen) atoms. The van der Waals surface area contributed by atoms with Gasteiger partial charge in [-0.3, -0.25) is 0 Å². The smallest absolute Gasteiger partial charge is 0.0152 e. The molecule has 0 nitrogen and oxygen atoms in total. The normalized spacial score (nSPS) is 11.4. The summed E-state index contributed by atoms with van der Waals surface area (Å²) < 4.78 is 0. The maximum atomic E-state index is 2.35. The van der Waals surface area contributed by atoms with E-state index in [2.05, 4.69) is 61.5 Å². The van der Waals surface area contributed by atoms with Crippen molar-refractivity contribution in [1.29, 1.82) is 0 Å². The predicted molar refractivity (Wildman–Crippen MR) is 85.6 cm³/mol. The Bertz CT molecular complexity index is 517. The summed E-state index contributed by atoms with van der Waals surface area (Å²) in [6, 6.07) is 15.3. The van der Waals surface area contributed by atoms with Crippen molar-refractivity contribution in [1.82, 2.24) is 0 Å². The van der Waals surface area contributed by atoms with Crippen molar-refractivity contribution in [2.24, 2.45) is 0 Å². The number of unbranched alkanes of at least 4 members (excludes halogenated alkanes) is 3. The van der Waals surface area contributed by atoms with Gasteiger partial charge in [0.1, 0.15) is 0 Å². The van der Waals surface area contributed by atoms with E-state index in [0.717, 1.165) is 0 Å². The van der Waals surface area contributed by atoms with Gasteiger partial charge in [-0.25, -0.2) is 0 Å². The van der Waals surface area contributed by atoms with Crippen molar-refractivity contribution in [2.45, 2.75) is 45.4 Å². The molecular formula is C19H24. The van der Waals surface area contributed by atoms with Crippen molar-refractivity contribution in [2.75, 3.05) is 0 Å². The van der Waals surface area contributed by atoms with E-state index in [0.29, 0.717) is 0 Å². The van der Waals surface area contributed by atoms with E-state index in [4.69, 9.17) is 0 Å². The van der Waals surface area contributed by atoms with Gasteiger partial charge in [0.25, 0.3) is 0 Å². The van der Waals surface area contributed by atoms with Crippen LogP contribution in [0.15, 0.2) is 54.6 Å². The minimum absolute atomic E-state index is 1.18. The second-order valence-corrected chi connectivity index (χ2v) is 5.14. The van der Waals surface area contributed by atoms with Crippen LogP contribution in [0.5, 0.6) is 0 Å². The lowest BCUT2D eigenvalue weighted by Crippen LogP contribution is -1.86. The first kappa shape index (κ1) is 13.9. The molecule has 0 spiro atoms. The van der Waals surface area contributed by atoms with E-state index in [1.54, 1.807) is 0 Å². The first-order valence-corrected chi connectivity index (χ1v) is 7.53. The van der Waals surface area contributed by atoms with Gasteiger partial charge < -0.3 is 0 Å². The molecule has 0 saturated heterocycles. The number of aryl methyl sites for hydroxylation is 1. The first-order valence-electron chi connectivity index (χ1n) is 7.53. The molecule has 0 bridgehead atoms. The molecule has 2 aromatic carbocycles. The third-order valence-electron chi connectivity index (χ3n) is 3.59. The minimum Gasteiger partial charge on any atom is -0.0885 e. The van der Waals surface area contributed by atoms with Crippen molar-refractivity contribution >= 4 is 10.8 Å². The average molecular weight is 252 g/mol. The molecule has 0 radical (unpaired) electrons. The summed E-state index contributed by atoms with van der Waals surface area (Å²) in [5.41, 5.74) is 1.49. The highest BCUT2D eigenvalue weighted by molar-refractivity contribution is 5.85. The molecule has 0 N–H and O–H groups in total. The van der Waals surface area contributed by atoms with Gasteiger partial charge in [0.15, 0.2) is 0 Å². The van der Waals surface area contributed by atoms with Gasteiger partial charge >= 0.3 is 0 Å². The molecule has 0 heterocycles. The largest absolute Gasteiger partial charge is 0.0885 e. The Hall–Kier alpha value is -1.56. The molecule has 2 aromatic rings. The number of rotatable bonds is 7. The Labute approximate surface area is 117 Å². The van der Waals surface area contributed by atoms with Gasteiger partial charge in [-0.05, 0) is 42.0 Å². The highest BCUT2D eigenvalue weighted by Crippen LogP contribution is 2.20. The summed E-state index contributed by atoms with van der Waals surface area (Å²) in [6.45, 7) is 2.24. The fourth-order valence-corrected chi connectivity index (χ4v) is 2.48. The van der Waals surface area contributed by atoms with Gasteiger partial charge in [-0.1, -0.05) is 74.4 Å². The fourth-order valence-electron chi connectivity index (χ4n) is 2.48. The lowest BCUT2D eigenvalue weighted by atomic mass is 10.00. The fraction of sp³-hybridized carbons (Fsp3) is 0.368. The van der Waals surface area contributed by atoms with E-state index in [1.165, 1.54) is 54.9 Å². The zero-order chi connectivity index (χ0) is 13.3. The molecule has 0 saturated carbocycles. The number of allylic oxidation sites excluding steroid dienone is 2. The van der Waals surface area contributed by atoms with E-state index in [1.807, 2.05) is 0 Å². The van der Waals surface area contributed by atoms with E-state index in [-0.39, 0.29) is 0 Å². The van der Waals surface area contributed by atoms with Crippen LogP contribution in [0.25, 0.3) is 10.8 Å². The first-order chi connectivity index (χ1) is 9.42.